The normalized spacial score (nSPS) is 13.1. The highest BCUT2D eigenvalue weighted by Crippen LogP contribution is 2.21. The van der Waals surface area contributed by atoms with E-state index < -0.39 is 37.1 Å². The van der Waals surface area contributed by atoms with E-state index in [9.17, 15) is 22.4 Å². The van der Waals surface area contributed by atoms with Gasteiger partial charge in [-0.1, -0.05) is 6.07 Å². The second-order valence-electron chi connectivity index (χ2n) is 4.23. The number of aliphatic hydroxyl groups excluding tert-OH is 1. The molecule has 0 spiro atoms. The number of pyridine rings is 1. The molecule has 112 valence electrons. The molecular formula is C12H14F4N2O2. The van der Waals surface area contributed by atoms with Crippen molar-refractivity contribution in [1.82, 2.24) is 10.3 Å². The number of aromatic nitrogens is 1. The number of halogens is 4. The van der Waals surface area contributed by atoms with Crippen LogP contribution in [0.15, 0.2) is 18.3 Å². The third-order valence-electron chi connectivity index (χ3n) is 2.46. The zero-order valence-electron chi connectivity index (χ0n) is 10.5. The van der Waals surface area contributed by atoms with Gasteiger partial charge in [0.1, 0.15) is 0 Å². The average molecular weight is 294 g/mol. The van der Waals surface area contributed by atoms with Crippen molar-refractivity contribution < 1.29 is 27.5 Å². The van der Waals surface area contributed by atoms with Gasteiger partial charge in [0.05, 0.1) is 12.5 Å². The van der Waals surface area contributed by atoms with Crippen molar-refractivity contribution >= 4 is 5.91 Å². The second-order valence-corrected chi connectivity index (χ2v) is 4.23. The van der Waals surface area contributed by atoms with Crippen LogP contribution in [0.5, 0.6) is 0 Å². The fourth-order valence-corrected chi connectivity index (χ4v) is 1.51. The summed E-state index contributed by atoms with van der Waals surface area (Å²) in [6.07, 6.45) is -6.30. The van der Waals surface area contributed by atoms with Crippen LogP contribution in [0.1, 0.15) is 18.4 Å². The predicted molar refractivity (Wildman–Crippen MR) is 62.2 cm³/mol. The second kappa shape index (κ2) is 7.18. The van der Waals surface area contributed by atoms with E-state index in [1.165, 1.54) is 18.3 Å². The lowest BCUT2D eigenvalue weighted by Crippen LogP contribution is -2.34. The summed E-state index contributed by atoms with van der Waals surface area (Å²) in [5, 5.41) is 11.2. The molecule has 1 rings (SSSR count). The number of nitrogens with one attached hydrogen (secondary N) is 1. The molecule has 20 heavy (non-hydrogen) atoms. The largest absolute Gasteiger partial charge is 0.391 e. The van der Waals surface area contributed by atoms with E-state index in [4.69, 9.17) is 5.11 Å². The molecule has 0 bridgehead atoms. The number of nitrogens with zero attached hydrogens (tertiary/aromatic N) is 1. The van der Waals surface area contributed by atoms with Crippen LogP contribution in [0.2, 0.25) is 0 Å². The first-order valence-corrected chi connectivity index (χ1v) is 5.89. The Morgan fingerprint density at radius 2 is 2.15 bits per heavy atom. The van der Waals surface area contributed by atoms with Crippen LogP contribution in [-0.2, 0) is 11.2 Å². The van der Waals surface area contributed by atoms with E-state index >= 15 is 0 Å². The maximum Gasteiger partial charge on any atom is 0.391 e. The first kappa shape index (κ1) is 16.4. The first-order valence-electron chi connectivity index (χ1n) is 5.89. The zero-order chi connectivity index (χ0) is 15.2. The zero-order valence-corrected chi connectivity index (χ0v) is 10.5. The Hall–Kier alpha value is -1.70. The van der Waals surface area contributed by atoms with Gasteiger partial charge in [0.2, 0.25) is 11.9 Å². The van der Waals surface area contributed by atoms with Crippen LogP contribution < -0.4 is 5.32 Å². The highest BCUT2D eigenvalue weighted by molar-refractivity contribution is 5.76. The Morgan fingerprint density at radius 1 is 1.45 bits per heavy atom. The molecule has 0 fully saturated rings. The summed E-state index contributed by atoms with van der Waals surface area (Å²) in [6.45, 7) is -0.492. The van der Waals surface area contributed by atoms with E-state index in [1.54, 1.807) is 0 Å². The van der Waals surface area contributed by atoms with Gasteiger partial charge in [-0.3, -0.25) is 4.79 Å². The maximum absolute atomic E-state index is 13.1. The summed E-state index contributed by atoms with van der Waals surface area (Å²) in [6, 6.07) is 2.98. The van der Waals surface area contributed by atoms with Gasteiger partial charge in [0.25, 0.3) is 0 Å². The maximum atomic E-state index is 13.1. The summed E-state index contributed by atoms with van der Waals surface area (Å²) in [4.78, 5) is 14.8. The fourth-order valence-electron chi connectivity index (χ4n) is 1.51. The number of hydrogen-bond acceptors (Lipinski definition) is 3. The summed E-state index contributed by atoms with van der Waals surface area (Å²) < 4.78 is 48.9. The standard InChI is InChI=1S/C12H14F4N2O2/c13-11-8(2-1-5-17-11)3-4-10(20)18-7-9(19)6-12(14,15)16/h1-2,5,9,19H,3-4,6-7H2,(H,18,20). The Bertz CT molecular complexity index is 451. The quantitative estimate of drug-likeness (QED) is 0.618. The van der Waals surface area contributed by atoms with Gasteiger partial charge < -0.3 is 10.4 Å². The molecule has 1 aromatic rings. The number of alkyl halides is 3. The lowest BCUT2D eigenvalue weighted by atomic mass is 10.1. The minimum absolute atomic E-state index is 0.0842. The molecule has 4 nitrogen and oxygen atoms in total. The Balaban J connectivity index is 2.29. The van der Waals surface area contributed by atoms with Crippen molar-refractivity contribution in [3.05, 3.63) is 29.8 Å². The molecule has 8 heteroatoms. The molecule has 0 aromatic carbocycles. The minimum atomic E-state index is -4.48. The van der Waals surface area contributed by atoms with E-state index in [-0.39, 0.29) is 18.4 Å². The topological polar surface area (TPSA) is 62.2 Å². The number of carbonyl (C=O) groups is 1. The molecule has 1 aromatic heterocycles. The van der Waals surface area contributed by atoms with E-state index in [0.717, 1.165) is 0 Å². The van der Waals surface area contributed by atoms with Crippen molar-refractivity contribution in [3.63, 3.8) is 0 Å². The monoisotopic (exact) mass is 294 g/mol. The van der Waals surface area contributed by atoms with Crippen molar-refractivity contribution in [1.29, 1.82) is 0 Å². The van der Waals surface area contributed by atoms with Gasteiger partial charge in [-0.05, 0) is 12.5 Å². The highest BCUT2D eigenvalue weighted by Gasteiger charge is 2.31. The van der Waals surface area contributed by atoms with Crippen LogP contribution in [0.4, 0.5) is 17.6 Å². The average Bonchev–Trinajstić information content (AvgIpc) is 2.33. The lowest BCUT2D eigenvalue weighted by molar-refractivity contribution is -0.153. The SMILES string of the molecule is O=C(CCc1cccnc1F)NCC(O)CC(F)(F)F. The third-order valence-corrected chi connectivity index (χ3v) is 2.46. The number of aliphatic hydroxyl groups is 1. The highest BCUT2D eigenvalue weighted by atomic mass is 19.4. The molecule has 0 aliphatic carbocycles. The van der Waals surface area contributed by atoms with Gasteiger partial charge >= 0.3 is 6.18 Å². The molecule has 1 heterocycles. The summed E-state index contributed by atoms with van der Waals surface area (Å²) in [5.74, 6) is -1.24. The Labute approximate surface area is 112 Å². The summed E-state index contributed by atoms with van der Waals surface area (Å²) in [7, 11) is 0. The molecule has 1 unspecified atom stereocenters. The number of aryl methyl sites for hydroxylation is 1. The number of carbonyl (C=O) groups excluding carboxylic acids is 1. The van der Waals surface area contributed by atoms with Gasteiger partial charge in [0, 0.05) is 24.7 Å². The summed E-state index contributed by atoms with van der Waals surface area (Å²) >= 11 is 0. The van der Waals surface area contributed by atoms with Crippen molar-refractivity contribution in [2.24, 2.45) is 0 Å². The smallest absolute Gasteiger partial charge is 0.391 e. The van der Waals surface area contributed by atoms with Gasteiger partial charge in [-0.2, -0.15) is 17.6 Å². The molecule has 0 saturated heterocycles. The van der Waals surface area contributed by atoms with Crippen LogP contribution in [0.25, 0.3) is 0 Å². The Kier molecular flexibility index (Phi) is 5.87. The molecule has 0 radical (unpaired) electrons. The van der Waals surface area contributed by atoms with Gasteiger partial charge in [-0.15, -0.1) is 0 Å². The molecule has 1 amide bonds. The van der Waals surface area contributed by atoms with Crippen LogP contribution in [-0.4, -0.2) is 34.8 Å². The van der Waals surface area contributed by atoms with Gasteiger partial charge in [0.15, 0.2) is 0 Å². The van der Waals surface area contributed by atoms with Gasteiger partial charge in [-0.25, -0.2) is 4.98 Å². The lowest BCUT2D eigenvalue weighted by Gasteiger charge is -2.13. The van der Waals surface area contributed by atoms with Crippen molar-refractivity contribution in [2.75, 3.05) is 6.54 Å². The predicted octanol–water partition coefficient (Wildman–Crippen LogP) is 1.58. The summed E-state index contributed by atoms with van der Waals surface area (Å²) in [5.41, 5.74) is 0.249. The molecule has 0 aliphatic heterocycles. The van der Waals surface area contributed by atoms with Crippen molar-refractivity contribution in [3.8, 4) is 0 Å². The molecule has 0 saturated carbocycles. The van der Waals surface area contributed by atoms with Crippen LogP contribution in [0.3, 0.4) is 0 Å². The fraction of sp³-hybridized carbons (Fsp3) is 0.500. The van der Waals surface area contributed by atoms with Crippen molar-refractivity contribution in [2.45, 2.75) is 31.5 Å². The molecule has 1 atom stereocenters. The van der Waals surface area contributed by atoms with E-state index in [2.05, 4.69) is 10.3 Å². The molecular weight excluding hydrogens is 280 g/mol. The molecule has 0 aliphatic rings. The van der Waals surface area contributed by atoms with E-state index in [1.807, 2.05) is 0 Å². The number of hydrogen-bond donors (Lipinski definition) is 2. The third kappa shape index (κ3) is 6.46. The number of amides is 1. The van der Waals surface area contributed by atoms with Crippen LogP contribution >= 0.6 is 0 Å². The number of rotatable bonds is 6. The Morgan fingerprint density at radius 3 is 2.75 bits per heavy atom. The first-order chi connectivity index (χ1) is 9.28. The molecule has 2 N–H and O–H groups in total. The van der Waals surface area contributed by atoms with E-state index in [0.29, 0.717) is 0 Å². The minimum Gasteiger partial charge on any atom is -0.391 e. The van der Waals surface area contributed by atoms with Crippen LogP contribution in [0, 0.1) is 5.95 Å².